The molecule has 0 unspecified atom stereocenters. The number of carbonyl (C=O) groups excluding carboxylic acids is 1. The lowest BCUT2D eigenvalue weighted by Gasteiger charge is -2.09. The molecule has 7 nitrogen and oxygen atoms in total. The lowest BCUT2D eigenvalue weighted by molar-refractivity contribution is -0.700. The lowest BCUT2D eigenvalue weighted by Crippen LogP contribution is -2.36. The second-order valence-electron chi connectivity index (χ2n) is 6.82. The number of phenols is 1. The number of aromatic amines is 1. The van der Waals surface area contributed by atoms with Crippen molar-refractivity contribution in [3.63, 3.8) is 0 Å². The summed E-state index contributed by atoms with van der Waals surface area (Å²) in [4.78, 5) is 15.6. The van der Waals surface area contributed by atoms with Crippen LogP contribution in [0, 0.1) is 0 Å². The van der Waals surface area contributed by atoms with E-state index in [0.29, 0.717) is 6.54 Å². The molecule has 1 amide bonds. The number of hydrogen-bond acceptors (Lipinski definition) is 5. The average Bonchev–Trinajstić information content (AvgIpc) is 3.12. The van der Waals surface area contributed by atoms with E-state index in [0.717, 1.165) is 27.8 Å². The number of nitrogens with one attached hydrogen (secondary N) is 2. The number of imidazole rings is 1. The standard InChI is InChI=1S/C23H20N4O3S/c28-18-11-10-17(21(29)12-18)13-24-26-22(30)15-31-23-25-19-8-4-5-9-20(19)27(23)14-16-6-2-1-3-7-16/h1-13H,14-15H2,(H3,24,26,28,29,30). The maximum Gasteiger partial charge on any atom is 0.317 e. The number of amides is 1. The van der Waals surface area contributed by atoms with Gasteiger partial charge in [-0.3, -0.25) is 4.79 Å². The van der Waals surface area contributed by atoms with Crippen LogP contribution >= 0.6 is 11.8 Å². The Kier molecular flexibility index (Phi) is 6.18. The van der Waals surface area contributed by atoms with Crippen LogP contribution in [-0.2, 0) is 11.3 Å². The summed E-state index contributed by atoms with van der Waals surface area (Å²) in [5, 5.41) is 25.7. The fourth-order valence-electron chi connectivity index (χ4n) is 3.11. The first-order chi connectivity index (χ1) is 15.1. The van der Waals surface area contributed by atoms with Crippen molar-refractivity contribution >= 4 is 34.9 Å². The molecule has 0 saturated heterocycles. The fraction of sp³-hybridized carbons (Fsp3) is 0.0870. The Hall–Kier alpha value is -3.78. The highest BCUT2D eigenvalue weighted by Gasteiger charge is 2.20. The smallest absolute Gasteiger partial charge is 0.317 e. The minimum atomic E-state index is -0.368. The van der Waals surface area contributed by atoms with Gasteiger partial charge in [0.1, 0.15) is 12.3 Å². The van der Waals surface area contributed by atoms with Gasteiger partial charge >= 0.3 is 5.16 Å². The average molecular weight is 433 g/mol. The van der Waals surface area contributed by atoms with Crippen molar-refractivity contribution in [2.45, 2.75) is 11.7 Å². The van der Waals surface area contributed by atoms with E-state index in [1.54, 1.807) is 0 Å². The topological polar surface area (TPSA) is 104 Å². The van der Waals surface area contributed by atoms with Crippen molar-refractivity contribution in [2.24, 2.45) is 5.10 Å². The Morgan fingerprint density at radius 3 is 2.71 bits per heavy atom. The zero-order valence-electron chi connectivity index (χ0n) is 16.5. The van der Waals surface area contributed by atoms with Gasteiger partial charge in [0.05, 0.1) is 12.0 Å². The Balaban J connectivity index is 1.44. The van der Waals surface area contributed by atoms with Crippen molar-refractivity contribution in [2.75, 3.05) is 5.75 Å². The largest absolute Gasteiger partial charge is 0.872 e. The van der Waals surface area contributed by atoms with Gasteiger partial charge in [-0.2, -0.15) is 5.10 Å². The molecule has 1 aromatic heterocycles. The molecule has 0 aliphatic heterocycles. The predicted octanol–water partition coefficient (Wildman–Crippen LogP) is 2.53. The van der Waals surface area contributed by atoms with Crippen LogP contribution < -0.4 is 15.1 Å². The predicted molar refractivity (Wildman–Crippen MR) is 118 cm³/mol. The summed E-state index contributed by atoms with van der Waals surface area (Å²) in [5.74, 6) is -0.617. The van der Waals surface area contributed by atoms with Crippen molar-refractivity contribution in [1.82, 2.24) is 10.4 Å². The van der Waals surface area contributed by atoms with Crippen LogP contribution in [0.3, 0.4) is 0 Å². The molecule has 3 aromatic carbocycles. The molecule has 1 heterocycles. The van der Waals surface area contributed by atoms with Gasteiger partial charge in [-0.25, -0.2) is 15.0 Å². The van der Waals surface area contributed by atoms with Crippen molar-refractivity contribution in [3.8, 4) is 11.5 Å². The Morgan fingerprint density at radius 2 is 1.90 bits per heavy atom. The highest BCUT2D eigenvalue weighted by atomic mass is 32.2. The van der Waals surface area contributed by atoms with E-state index in [2.05, 4.69) is 32.2 Å². The summed E-state index contributed by atoms with van der Waals surface area (Å²) >= 11 is 1.38. The number of aromatic hydroxyl groups is 1. The number of fused-ring (bicyclic) bond motifs is 1. The number of hydrazone groups is 1. The number of hydrogen-bond donors (Lipinski definition) is 3. The maximum atomic E-state index is 12.2. The first-order valence-corrected chi connectivity index (χ1v) is 10.6. The first kappa shape index (κ1) is 20.5. The second-order valence-corrected chi connectivity index (χ2v) is 7.79. The third-order valence-electron chi connectivity index (χ3n) is 4.60. The molecule has 4 aromatic rings. The van der Waals surface area contributed by atoms with Gasteiger partial charge in [-0.1, -0.05) is 54.3 Å². The van der Waals surface area contributed by atoms with Crippen LogP contribution in [0.5, 0.6) is 11.5 Å². The molecule has 0 fully saturated rings. The van der Waals surface area contributed by atoms with E-state index < -0.39 is 0 Å². The fourth-order valence-corrected chi connectivity index (χ4v) is 3.95. The molecule has 3 N–H and O–H groups in total. The Bertz CT molecular complexity index is 1240. The molecular weight excluding hydrogens is 412 g/mol. The molecule has 0 atom stereocenters. The number of phenolic OH excluding ortho intramolecular Hbond substituents is 1. The molecule has 0 aliphatic rings. The van der Waals surface area contributed by atoms with Gasteiger partial charge in [0.2, 0.25) is 0 Å². The van der Waals surface area contributed by atoms with Crippen LogP contribution in [-0.4, -0.2) is 28.0 Å². The van der Waals surface area contributed by atoms with Crippen LogP contribution in [0.15, 0.2) is 83.1 Å². The summed E-state index contributed by atoms with van der Waals surface area (Å²) < 4.78 is 2.14. The summed E-state index contributed by atoms with van der Waals surface area (Å²) in [6, 6.07) is 22.1. The van der Waals surface area contributed by atoms with Gasteiger partial charge in [0, 0.05) is 0 Å². The molecule has 0 spiro atoms. The quantitative estimate of drug-likeness (QED) is 0.181. The molecule has 8 heteroatoms. The number of nitrogens with zero attached hydrogens (tertiary/aromatic N) is 2. The first-order valence-electron chi connectivity index (χ1n) is 9.59. The number of carbonyl (C=O) groups is 1. The molecule has 0 radical (unpaired) electrons. The number of H-pyrrole nitrogens is 1. The van der Waals surface area contributed by atoms with Gasteiger partial charge in [0.25, 0.3) is 5.91 Å². The zero-order chi connectivity index (χ0) is 21.6. The van der Waals surface area contributed by atoms with Gasteiger partial charge < -0.3 is 10.2 Å². The molecule has 4 rings (SSSR count). The summed E-state index contributed by atoms with van der Waals surface area (Å²) in [5.41, 5.74) is 5.93. The van der Waals surface area contributed by atoms with Crippen LogP contribution in [0.4, 0.5) is 0 Å². The minimum absolute atomic E-state index is 0.107. The van der Waals surface area contributed by atoms with E-state index >= 15 is 0 Å². The van der Waals surface area contributed by atoms with Gasteiger partial charge in [0.15, 0.2) is 11.0 Å². The molecular formula is C23H20N4O3S. The summed E-state index contributed by atoms with van der Waals surface area (Å²) in [6.45, 7) is 0.681. The SMILES string of the molecule is O=C(CSc1[nH]c2ccccc2[n+]1Cc1ccccc1)NN=Cc1ccc(O)cc1[O-]. The minimum Gasteiger partial charge on any atom is -0.872 e. The van der Waals surface area contributed by atoms with E-state index in [1.165, 1.54) is 30.1 Å². The normalized spacial score (nSPS) is 11.2. The third kappa shape index (κ3) is 5.04. The number of para-hydroxylation sites is 2. The number of thioether (sulfide) groups is 1. The summed E-state index contributed by atoms with van der Waals surface area (Å²) in [7, 11) is 0. The van der Waals surface area contributed by atoms with E-state index in [4.69, 9.17) is 0 Å². The highest BCUT2D eigenvalue weighted by molar-refractivity contribution is 7.99. The number of aromatic nitrogens is 2. The molecule has 31 heavy (non-hydrogen) atoms. The Morgan fingerprint density at radius 1 is 1.13 bits per heavy atom. The molecule has 0 aliphatic carbocycles. The van der Waals surface area contributed by atoms with Crippen LogP contribution in [0.25, 0.3) is 11.0 Å². The van der Waals surface area contributed by atoms with Gasteiger partial charge in [-0.05, 0) is 47.2 Å². The number of benzene rings is 3. The molecule has 156 valence electrons. The highest BCUT2D eigenvalue weighted by Crippen LogP contribution is 2.19. The van der Waals surface area contributed by atoms with E-state index in [-0.39, 0.29) is 28.7 Å². The monoisotopic (exact) mass is 432 g/mol. The molecule has 0 saturated carbocycles. The van der Waals surface area contributed by atoms with Crippen molar-refractivity contribution in [1.29, 1.82) is 0 Å². The molecule has 0 bridgehead atoms. The van der Waals surface area contributed by atoms with E-state index in [9.17, 15) is 15.0 Å². The summed E-state index contributed by atoms with van der Waals surface area (Å²) in [6.07, 6.45) is 1.27. The second kappa shape index (κ2) is 9.36. The van der Waals surface area contributed by atoms with Crippen LogP contribution in [0.2, 0.25) is 0 Å². The number of rotatable bonds is 7. The zero-order valence-corrected chi connectivity index (χ0v) is 17.3. The van der Waals surface area contributed by atoms with Crippen LogP contribution in [0.1, 0.15) is 11.1 Å². The van der Waals surface area contributed by atoms with Crippen molar-refractivity contribution < 1.29 is 19.6 Å². The lowest BCUT2D eigenvalue weighted by atomic mass is 10.2. The van der Waals surface area contributed by atoms with Crippen molar-refractivity contribution in [3.05, 3.63) is 83.9 Å². The third-order valence-corrected chi connectivity index (χ3v) is 5.60. The maximum absolute atomic E-state index is 12.2. The van der Waals surface area contributed by atoms with E-state index in [1.807, 2.05) is 42.5 Å². The van der Waals surface area contributed by atoms with Gasteiger partial charge in [-0.15, -0.1) is 0 Å². The Labute approximate surface area is 183 Å².